The van der Waals surface area contributed by atoms with Crippen molar-refractivity contribution in [2.75, 3.05) is 6.61 Å². The van der Waals surface area contributed by atoms with Gasteiger partial charge in [-0.15, -0.1) is 0 Å². The Balaban J connectivity index is 1.57. The average Bonchev–Trinajstić information content (AvgIpc) is 3.22. The smallest absolute Gasteiger partial charge is 0.359 e. The van der Waals surface area contributed by atoms with E-state index >= 15 is 0 Å². The summed E-state index contributed by atoms with van der Waals surface area (Å²) in [4.78, 5) is 23.9. The minimum atomic E-state index is -0.650. The number of nitrogens with one attached hydrogen (secondary N) is 2. The third-order valence-electron chi connectivity index (χ3n) is 3.35. The van der Waals surface area contributed by atoms with Gasteiger partial charge in [-0.1, -0.05) is 18.2 Å². The summed E-state index contributed by atoms with van der Waals surface area (Å²) in [5.41, 5.74) is 0.892. The standard InChI is InChI=1S/C16H15N3O4/c1-10(13-7-4-8-22-13)17-14(20)9-23-16(21)15-11-5-2-3-6-12(11)18-19-15/h2-8,10H,9H2,1H3,(H,17,20)(H,18,19)/t10-/m0/s1. The highest BCUT2D eigenvalue weighted by Crippen LogP contribution is 2.16. The van der Waals surface area contributed by atoms with E-state index < -0.39 is 11.9 Å². The zero-order valence-electron chi connectivity index (χ0n) is 12.4. The first kappa shape index (κ1) is 14.8. The molecule has 0 unspecified atom stereocenters. The molecule has 118 valence electrons. The Morgan fingerprint density at radius 1 is 1.30 bits per heavy atom. The summed E-state index contributed by atoms with van der Waals surface area (Å²) in [6.07, 6.45) is 1.53. The van der Waals surface area contributed by atoms with Gasteiger partial charge in [0.1, 0.15) is 5.76 Å². The Kier molecular flexibility index (Phi) is 4.09. The van der Waals surface area contributed by atoms with Crippen LogP contribution < -0.4 is 5.32 Å². The van der Waals surface area contributed by atoms with E-state index in [-0.39, 0.29) is 18.3 Å². The lowest BCUT2D eigenvalue weighted by atomic mass is 10.2. The van der Waals surface area contributed by atoms with Crippen LogP contribution in [0.2, 0.25) is 0 Å². The van der Waals surface area contributed by atoms with Crippen LogP contribution in [0, 0.1) is 0 Å². The molecule has 23 heavy (non-hydrogen) atoms. The second kappa shape index (κ2) is 6.35. The lowest BCUT2D eigenvalue weighted by Crippen LogP contribution is -2.31. The fraction of sp³-hybridized carbons (Fsp3) is 0.188. The number of aromatic nitrogens is 2. The molecule has 1 amide bonds. The molecule has 2 heterocycles. The first-order valence-corrected chi connectivity index (χ1v) is 7.08. The number of hydrogen-bond donors (Lipinski definition) is 2. The molecular weight excluding hydrogens is 298 g/mol. The second-order valence-corrected chi connectivity index (χ2v) is 5.00. The van der Waals surface area contributed by atoms with Crippen LogP contribution >= 0.6 is 0 Å². The van der Waals surface area contributed by atoms with Gasteiger partial charge in [0.2, 0.25) is 0 Å². The van der Waals surface area contributed by atoms with Gasteiger partial charge in [0.25, 0.3) is 5.91 Å². The maximum atomic E-state index is 12.0. The van der Waals surface area contributed by atoms with Crippen LogP contribution in [0.15, 0.2) is 47.1 Å². The van der Waals surface area contributed by atoms with Crippen molar-refractivity contribution >= 4 is 22.8 Å². The fourth-order valence-electron chi connectivity index (χ4n) is 2.21. The SMILES string of the molecule is C[C@H](NC(=O)COC(=O)c1n[nH]c2ccccc12)c1ccco1. The number of nitrogens with zero attached hydrogens (tertiary/aromatic N) is 1. The summed E-state index contributed by atoms with van der Waals surface area (Å²) in [5.74, 6) is -0.437. The molecule has 0 spiro atoms. The minimum Gasteiger partial charge on any atom is -0.467 e. The van der Waals surface area contributed by atoms with Crippen molar-refractivity contribution in [1.82, 2.24) is 15.5 Å². The van der Waals surface area contributed by atoms with Crippen LogP contribution in [0.25, 0.3) is 10.9 Å². The van der Waals surface area contributed by atoms with Crippen LogP contribution in [0.3, 0.4) is 0 Å². The summed E-state index contributed by atoms with van der Waals surface area (Å²) in [5, 5.41) is 10.0. The van der Waals surface area contributed by atoms with Crippen molar-refractivity contribution in [3.05, 3.63) is 54.1 Å². The van der Waals surface area contributed by atoms with Crippen molar-refractivity contribution in [2.24, 2.45) is 0 Å². The monoisotopic (exact) mass is 313 g/mol. The van der Waals surface area contributed by atoms with E-state index in [9.17, 15) is 9.59 Å². The van der Waals surface area contributed by atoms with Crippen LogP contribution in [0.5, 0.6) is 0 Å². The van der Waals surface area contributed by atoms with Crippen molar-refractivity contribution in [2.45, 2.75) is 13.0 Å². The molecular formula is C16H15N3O4. The number of ether oxygens (including phenoxy) is 1. The molecule has 0 aliphatic heterocycles. The Bertz CT molecular complexity index is 823. The van der Waals surface area contributed by atoms with Gasteiger partial charge in [-0.05, 0) is 25.1 Å². The van der Waals surface area contributed by atoms with Crippen molar-refractivity contribution in [3.8, 4) is 0 Å². The van der Waals surface area contributed by atoms with Gasteiger partial charge in [-0.2, -0.15) is 5.10 Å². The third kappa shape index (κ3) is 3.23. The Hall–Kier alpha value is -3.09. The summed E-state index contributed by atoms with van der Waals surface area (Å²) in [6, 6.07) is 10.4. The van der Waals surface area contributed by atoms with E-state index in [1.807, 2.05) is 6.07 Å². The molecule has 0 radical (unpaired) electrons. The number of furan rings is 1. The summed E-state index contributed by atoms with van der Waals surface area (Å²) in [7, 11) is 0. The van der Waals surface area contributed by atoms with E-state index in [2.05, 4.69) is 15.5 Å². The van der Waals surface area contributed by atoms with E-state index in [0.717, 1.165) is 5.52 Å². The minimum absolute atomic E-state index is 0.160. The zero-order chi connectivity index (χ0) is 16.2. The number of rotatable bonds is 5. The maximum absolute atomic E-state index is 12.0. The first-order chi connectivity index (χ1) is 11.1. The summed E-state index contributed by atoms with van der Waals surface area (Å²) in [6.45, 7) is 1.39. The fourth-order valence-corrected chi connectivity index (χ4v) is 2.21. The van der Waals surface area contributed by atoms with E-state index in [4.69, 9.17) is 9.15 Å². The van der Waals surface area contributed by atoms with Crippen LogP contribution in [-0.4, -0.2) is 28.7 Å². The molecule has 0 aliphatic rings. The number of carbonyl (C=O) groups is 2. The predicted octanol–water partition coefficient (Wildman–Crippen LogP) is 2.19. The molecule has 0 bridgehead atoms. The van der Waals surface area contributed by atoms with Crippen LogP contribution in [-0.2, 0) is 9.53 Å². The lowest BCUT2D eigenvalue weighted by Gasteiger charge is -2.11. The van der Waals surface area contributed by atoms with E-state index in [1.54, 1.807) is 37.3 Å². The lowest BCUT2D eigenvalue weighted by molar-refractivity contribution is -0.125. The Morgan fingerprint density at radius 3 is 2.91 bits per heavy atom. The predicted molar refractivity (Wildman–Crippen MR) is 81.6 cm³/mol. The highest BCUT2D eigenvalue weighted by molar-refractivity contribution is 6.02. The molecule has 2 N–H and O–H groups in total. The molecule has 7 heteroatoms. The van der Waals surface area contributed by atoms with E-state index in [0.29, 0.717) is 11.1 Å². The average molecular weight is 313 g/mol. The van der Waals surface area contributed by atoms with Crippen molar-refractivity contribution in [3.63, 3.8) is 0 Å². The normalized spacial score (nSPS) is 12.0. The number of esters is 1. The number of H-pyrrole nitrogens is 1. The van der Waals surface area contributed by atoms with Gasteiger partial charge < -0.3 is 14.5 Å². The molecule has 0 saturated heterocycles. The third-order valence-corrected chi connectivity index (χ3v) is 3.35. The molecule has 7 nitrogen and oxygen atoms in total. The first-order valence-electron chi connectivity index (χ1n) is 7.08. The van der Waals surface area contributed by atoms with Crippen LogP contribution in [0.1, 0.15) is 29.2 Å². The number of carbonyl (C=O) groups excluding carboxylic acids is 2. The molecule has 1 atom stereocenters. The van der Waals surface area contributed by atoms with Gasteiger partial charge in [0, 0.05) is 5.39 Å². The van der Waals surface area contributed by atoms with Gasteiger partial charge in [-0.3, -0.25) is 9.89 Å². The van der Waals surface area contributed by atoms with Crippen molar-refractivity contribution in [1.29, 1.82) is 0 Å². The number of benzene rings is 1. The van der Waals surface area contributed by atoms with Crippen molar-refractivity contribution < 1.29 is 18.7 Å². The number of aromatic amines is 1. The Morgan fingerprint density at radius 2 is 2.13 bits per heavy atom. The molecule has 1 aromatic carbocycles. The highest BCUT2D eigenvalue weighted by atomic mass is 16.5. The largest absolute Gasteiger partial charge is 0.467 e. The quantitative estimate of drug-likeness (QED) is 0.704. The molecule has 3 rings (SSSR count). The van der Waals surface area contributed by atoms with E-state index in [1.165, 1.54) is 6.26 Å². The molecule has 2 aromatic heterocycles. The van der Waals surface area contributed by atoms with Gasteiger partial charge in [-0.25, -0.2) is 4.79 Å². The second-order valence-electron chi connectivity index (χ2n) is 5.00. The number of hydrogen-bond acceptors (Lipinski definition) is 5. The van der Waals surface area contributed by atoms with Gasteiger partial charge in [0.05, 0.1) is 17.8 Å². The van der Waals surface area contributed by atoms with Crippen LogP contribution in [0.4, 0.5) is 0 Å². The number of amides is 1. The molecule has 0 aliphatic carbocycles. The van der Waals surface area contributed by atoms with Gasteiger partial charge in [0.15, 0.2) is 12.3 Å². The number of fused-ring (bicyclic) bond motifs is 1. The maximum Gasteiger partial charge on any atom is 0.359 e. The summed E-state index contributed by atoms with van der Waals surface area (Å²) >= 11 is 0. The highest BCUT2D eigenvalue weighted by Gasteiger charge is 2.18. The summed E-state index contributed by atoms with van der Waals surface area (Å²) < 4.78 is 10.2. The number of para-hydroxylation sites is 1. The topological polar surface area (TPSA) is 97.2 Å². The Labute approximate surface area is 131 Å². The molecule has 0 fully saturated rings. The van der Waals surface area contributed by atoms with Gasteiger partial charge >= 0.3 is 5.97 Å². The zero-order valence-corrected chi connectivity index (χ0v) is 12.4. The molecule has 0 saturated carbocycles. The molecule has 3 aromatic rings.